The molecule has 0 spiro atoms. The lowest BCUT2D eigenvalue weighted by Gasteiger charge is -2.72. The highest BCUT2D eigenvalue weighted by molar-refractivity contribution is 7.81. The zero-order valence-corrected chi connectivity index (χ0v) is 27.1. The van der Waals surface area contributed by atoms with Crippen LogP contribution in [0, 0.1) is 56.7 Å². The maximum absolute atomic E-state index is 13.0. The Morgan fingerprint density at radius 2 is 1.48 bits per heavy atom. The van der Waals surface area contributed by atoms with Crippen LogP contribution in [0.4, 0.5) is 0 Å². The fourth-order valence-electron chi connectivity index (χ4n) is 12.0. The number of hydrogen-bond donors (Lipinski definition) is 3. The lowest BCUT2D eigenvalue weighted by Crippen LogP contribution is -2.67. The van der Waals surface area contributed by atoms with Gasteiger partial charge in [-0.15, -0.1) is 0 Å². The van der Waals surface area contributed by atoms with E-state index in [9.17, 15) is 31.3 Å². The van der Waals surface area contributed by atoms with Crippen molar-refractivity contribution < 1.29 is 44.2 Å². The van der Waals surface area contributed by atoms with Gasteiger partial charge in [0.05, 0.1) is 18.1 Å². The summed E-state index contributed by atoms with van der Waals surface area (Å²) < 4.78 is 74.5. The summed E-state index contributed by atoms with van der Waals surface area (Å²) in [4.78, 5) is 13.0. The third kappa shape index (κ3) is 4.73. The summed E-state index contributed by atoms with van der Waals surface area (Å²) in [6.07, 6.45) is 6.79. The van der Waals surface area contributed by atoms with Crippen molar-refractivity contribution in [3.8, 4) is 0 Å². The predicted molar refractivity (Wildman–Crippen MR) is 155 cm³/mol. The second-order valence-corrected chi connectivity index (χ2v) is 17.7. The lowest BCUT2D eigenvalue weighted by molar-refractivity contribution is -0.246. The van der Waals surface area contributed by atoms with Crippen LogP contribution in [0.15, 0.2) is 12.2 Å². The molecule has 240 valence electrons. The SMILES string of the molecule is C=C(COS(=O)(=O)O)C1CC[C@]2(C(=O)O)CC[C@]3(C)C(CCC4[C@@]5(C)CC[C@H](OS(=O)(=O)O)C(C)(C)C5CC[C@]43C)C12. The molecule has 0 heterocycles. The maximum atomic E-state index is 13.0. The van der Waals surface area contributed by atoms with Gasteiger partial charge in [-0.1, -0.05) is 41.2 Å². The summed E-state index contributed by atoms with van der Waals surface area (Å²) in [6.45, 7) is 15.0. The van der Waals surface area contributed by atoms with Crippen LogP contribution in [0.1, 0.15) is 98.8 Å². The zero-order chi connectivity index (χ0) is 31.3. The number of rotatable bonds is 7. The van der Waals surface area contributed by atoms with Gasteiger partial charge in [0.2, 0.25) is 0 Å². The van der Waals surface area contributed by atoms with E-state index in [1.54, 1.807) is 0 Å². The molecule has 3 N–H and O–H groups in total. The largest absolute Gasteiger partial charge is 0.481 e. The number of carboxylic acids is 1. The number of hydrogen-bond acceptors (Lipinski definition) is 7. The molecule has 0 aromatic rings. The van der Waals surface area contributed by atoms with E-state index in [0.29, 0.717) is 37.2 Å². The molecule has 12 heteroatoms. The van der Waals surface area contributed by atoms with Crippen LogP contribution in [0.25, 0.3) is 0 Å². The van der Waals surface area contributed by atoms with E-state index < -0.39 is 43.7 Å². The average molecular weight is 633 g/mol. The molecule has 42 heavy (non-hydrogen) atoms. The fraction of sp³-hybridized carbons (Fsp3) is 0.900. The predicted octanol–water partition coefficient (Wildman–Crippen LogP) is 5.72. The topological polar surface area (TPSA) is 164 Å². The monoisotopic (exact) mass is 632 g/mol. The van der Waals surface area contributed by atoms with E-state index in [2.05, 4.69) is 41.2 Å². The molecule has 0 bridgehead atoms. The smallest absolute Gasteiger partial charge is 0.397 e. The van der Waals surface area contributed by atoms with E-state index in [1.807, 2.05) is 0 Å². The van der Waals surface area contributed by atoms with E-state index in [0.717, 1.165) is 38.5 Å². The Balaban J connectivity index is 1.49. The minimum atomic E-state index is -4.65. The number of carboxylic acid groups (broad SMARTS) is 1. The zero-order valence-electron chi connectivity index (χ0n) is 25.5. The Bertz CT molecular complexity index is 1360. The van der Waals surface area contributed by atoms with Crippen LogP contribution in [0.2, 0.25) is 0 Å². The molecular weight excluding hydrogens is 584 g/mol. The maximum Gasteiger partial charge on any atom is 0.397 e. The minimum Gasteiger partial charge on any atom is -0.481 e. The Hall–Kier alpha value is -1.05. The Labute approximate surface area is 250 Å². The Morgan fingerprint density at radius 1 is 0.810 bits per heavy atom. The molecule has 5 unspecified atom stereocenters. The molecule has 5 fully saturated rings. The van der Waals surface area contributed by atoms with Gasteiger partial charge in [0.1, 0.15) is 0 Å². The molecule has 5 rings (SSSR count). The van der Waals surface area contributed by atoms with Gasteiger partial charge < -0.3 is 5.11 Å². The minimum absolute atomic E-state index is 0.0765. The van der Waals surface area contributed by atoms with Gasteiger partial charge in [0.25, 0.3) is 0 Å². The third-order valence-corrected chi connectivity index (χ3v) is 14.8. The summed E-state index contributed by atoms with van der Waals surface area (Å²) in [5.41, 5.74) is -1.16. The van der Waals surface area contributed by atoms with Gasteiger partial charge in [0, 0.05) is 0 Å². The molecule has 10 nitrogen and oxygen atoms in total. The standard InChI is InChI=1S/C30H48O10S2/c1-18(17-39-41(33,34)35)19-9-14-30(25(31)32)16-15-28(5)20(24(19)30)7-8-22-27(4)12-11-23(40-42(36,37)38)26(2,3)21(27)10-13-29(22,28)6/h19-24H,1,7-17H2,2-6H3,(H,31,32)(H,33,34,35)(H,36,37,38)/t19?,20?,21?,22?,23-,24?,27-,28+,29+,30-/m0/s1. The van der Waals surface area contributed by atoms with Crippen LogP contribution < -0.4 is 0 Å². The average Bonchev–Trinajstić information content (AvgIpc) is 3.25. The summed E-state index contributed by atoms with van der Waals surface area (Å²) >= 11 is 0. The Kier molecular flexibility index (Phi) is 7.68. The second kappa shape index (κ2) is 9.97. The van der Waals surface area contributed by atoms with Crippen molar-refractivity contribution in [3.05, 3.63) is 12.2 Å². The summed E-state index contributed by atoms with van der Waals surface area (Å²) in [5, 5.41) is 10.6. The second-order valence-electron chi connectivity index (χ2n) is 15.5. The molecule has 0 radical (unpaired) electrons. The van der Waals surface area contributed by atoms with Crippen LogP contribution in [-0.4, -0.2) is 49.7 Å². The van der Waals surface area contributed by atoms with Crippen molar-refractivity contribution in [3.63, 3.8) is 0 Å². The van der Waals surface area contributed by atoms with Crippen molar-refractivity contribution in [2.75, 3.05) is 6.61 Å². The van der Waals surface area contributed by atoms with Gasteiger partial charge >= 0.3 is 26.8 Å². The molecule has 0 aromatic carbocycles. The highest BCUT2D eigenvalue weighted by atomic mass is 32.3. The number of carbonyl (C=O) groups is 1. The van der Waals surface area contributed by atoms with E-state index in [-0.39, 0.29) is 46.5 Å². The van der Waals surface area contributed by atoms with Gasteiger partial charge in [-0.2, -0.15) is 16.8 Å². The van der Waals surface area contributed by atoms with Gasteiger partial charge in [-0.25, -0.2) is 8.37 Å². The molecule has 0 amide bonds. The van der Waals surface area contributed by atoms with E-state index >= 15 is 0 Å². The van der Waals surface area contributed by atoms with Crippen LogP contribution in [-0.2, 0) is 34.0 Å². The number of aliphatic carboxylic acids is 1. The molecule has 5 aliphatic rings. The molecule has 0 aromatic heterocycles. The molecule has 0 saturated heterocycles. The van der Waals surface area contributed by atoms with Crippen molar-refractivity contribution in [2.45, 2.75) is 105 Å². The van der Waals surface area contributed by atoms with Crippen molar-refractivity contribution in [2.24, 2.45) is 56.7 Å². The van der Waals surface area contributed by atoms with E-state index in [1.165, 1.54) is 0 Å². The molecule has 5 aliphatic carbocycles. The molecule has 5 saturated carbocycles. The highest BCUT2D eigenvalue weighted by Crippen LogP contribution is 2.77. The summed E-state index contributed by atoms with van der Waals surface area (Å²) in [6, 6.07) is 0. The van der Waals surface area contributed by atoms with Gasteiger partial charge in [-0.3, -0.25) is 13.9 Å². The number of fused-ring (bicyclic) bond motifs is 7. The quantitative estimate of drug-likeness (QED) is 0.234. The third-order valence-electron chi connectivity index (χ3n) is 14.0. The first-order valence-corrected chi connectivity index (χ1v) is 18.0. The van der Waals surface area contributed by atoms with Gasteiger partial charge in [0.15, 0.2) is 0 Å². The summed E-state index contributed by atoms with van der Waals surface area (Å²) in [7, 11) is -9.22. The molecular formula is C30H48O10S2. The van der Waals surface area contributed by atoms with Crippen molar-refractivity contribution in [1.29, 1.82) is 0 Å². The van der Waals surface area contributed by atoms with Crippen LogP contribution in [0.5, 0.6) is 0 Å². The lowest BCUT2D eigenvalue weighted by atomic mass is 9.32. The molecule has 0 aliphatic heterocycles. The van der Waals surface area contributed by atoms with Crippen LogP contribution >= 0.6 is 0 Å². The normalized spacial score (nSPS) is 46.5. The van der Waals surface area contributed by atoms with Gasteiger partial charge in [-0.05, 0) is 121 Å². The first-order valence-electron chi connectivity index (χ1n) is 15.3. The van der Waals surface area contributed by atoms with Crippen molar-refractivity contribution in [1.82, 2.24) is 0 Å². The highest BCUT2D eigenvalue weighted by Gasteiger charge is 2.72. The fourth-order valence-corrected chi connectivity index (χ4v) is 12.9. The first-order chi connectivity index (χ1) is 19.1. The first kappa shape index (κ1) is 32.3. The molecule has 10 atom stereocenters. The van der Waals surface area contributed by atoms with Crippen LogP contribution in [0.3, 0.4) is 0 Å². The Morgan fingerprint density at radius 3 is 2.07 bits per heavy atom. The van der Waals surface area contributed by atoms with Crippen molar-refractivity contribution >= 4 is 26.8 Å². The summed E-state index contributed by atoms with van der Waals surface area (Å²) in [5.74, 6) is -0.564. The van der Waals surface area contributed by atoms with E-state index in [4.69, 9.17) is 12.9 Å².